The summed E-state index contributed by atoms with van der Waals surface area (Å²) in [6.45, 7) is 3.08. The van der Waals surface area contributed by atoms with E-state index in [1.54, 1.807) is 17.0 Å². The smallest absolute Gasteiger partial charge is 0.292 e. The van der Waals surface area contributed by atoms with E-state index in [-0.39, 0.29) is 16.5 Å². The zero-order chi connectivity index (χ0) is 17.1. The van der Waals surface area contributed by atoms with Gasteiger partial charge in [-0.1, -0.05) is 18.2 Å². The second kappa shape index (κ2) is 6.70. The van der Waals surface area contributed by atoms with E-state index in [1.165, 1.54) is 0 Å². The highest BCUT2D eigenvalue weighted by atomic mass is 16.6. The Morgan fingerprint density at radius 3 is 2.58 bits per heavy atom. The van der Waals surface area contributed by atoms with E-state index in [9.17, 15) is 14.9 Å². The van der Waals surface area contributed by atoms with Crippen LogP contribution < -0.4 is 10.2 Å². The molecule has 6 heteroatoms. The van der Waals surface area contributed by atoms with Crippen molar-refractivity contribution in [3.8, 4) is 0 Å². The van der Waals surface area contributed by atoms with Crippen molar-refractivity contribution in [3.63, 3.8) is 0 Å². The second-order valence-electron chi connectivity index (χ2n) is 5.95. The standard InChI is InChI=1S/C18H19N3O3/c1-13-4-9-16(17(11-13)21(23)24)19-12-14-5-7-15(8-6-14)20-10-2-3-18(20)22/h4-9,11,19H,2-3,10,12H2,1H3. The minimum Gasteiger partial charge on any atom is -0.375 e. The van der Waals surface area contributed by atoms with Crippen LogP contribution in [0.2, 0.25) is 0 Å². The number of nitrogens with zero attached hydrogens (tertiary/aromatic N) is 2. The predicted molar refractivity (Wildman–Crippen MR) is 93.2 cm³/mol. The Kier molecular flexibility index (Phi) is 4.46. The summed E-state index contributed by atoms with van der Waals surface area (Å²) in [6.07, 6.45) is 1.51. The van der Waals surface area contributed by atoms with Crippen LogP contribution in [0.15, 0.2) is 42.5 Å². The van der Waals surface area contributed by atoms with Crippen molar-refractivity contribution in [1.82, 2.24) is 0 Å². The van der Waals surface area contributed by atoms with Crippen molar-refractivity contribution in [2.45, 2.75) is 26.3 Å². The molecule has 0 radical (unpaired) electrons. The molecule has 0 saturated carbocycles. The second-order valence-corrected chi connectivity index (χ2v) is 5.95. The van der Waals surface area contributed by atoms with Gasteiger partial charge in [0.05, 0.1) is 4.92 Å². The molecule has 1 saturated heterocycles. The Morgan fingerprint density at radius 2 is 1.96 bits per heavy atom. The van der Waals surface area contributed by atoms with Gasteiger partial charge in [-0.15, -0.1) is 0 Å². The molecule has 6 nitrogen and oxygen atoms in total. The van der Waals surface area contributed by atoms with Crippen molar-refractivity contribution in [2.24, 2.45) is 0 Å². The highest BCUT2D eigenvalue weighted by Gasteiger charge is 2.21. The molecule has 2 aromatic carbocycles. The number of carbonyl (C=O) groups excluding carboxylic acids is 1. The topological polar surface area (TPSA) is 75.5 Å². The third-order valence-corrected chi connectivity index (χ3v) is 4.15. The molecule has 0 atom stereocenters. The van der Waals surface area contributed by atoms with E-state index in [4.69, 9.17) is 0 Å². The molecule has 1 aliphatic heterocycles. The fourth-order valence-electron chi connectivity index (χ4n) is 2.85. The highest BCUT2D eigenvalue weighted by molar-refractivity contribution is 5.95. The van der Waals surface area contributed by atoms with Gasteiger partial charge in [-0.05, 0) is 42.7 Å². The average molecular weight is 325 g/mol. The van der Waals surface area contributed by atoms with Gasteiger partial charge in [0.2, 0.25) is 5.91 Å². The molecule has 2 aromatic rings. The number of amides is 1. The molecule has 1 N–H and O–H groups in total. The Labute approximate surface area is 140 Å². The predicted octanol–water partition coefficient (Wildman–Crippen LogP) is 3.64. The van der Waals surface area contributed by atoms with Crippen molar-refractivity contribution in [2.75, 3.05) is 16.8 Å². The molecule has 0 unspecified atom stereocenters. The summed E-state index contributed by atoms with van der Waals surface area (Å²) >= 11 is 0. The first-order valence-corrected chi connectivity index (χ1v) is 7.93. The molecule has 1 amide bonds. The lowest BCUT2D eigenvalue weighted by atomic mass is 10.1. The third kappa shape index (κ3) is 3.37. The molecule has 1 fully saturated rings. The molecule has 0 aromatic heterocycles. The fourth-order valence-corrected chi connectivity index (χ4v) is 2.85. The number of carbonyl (C=O) groups is 1. The number of aryl methyl sites for hydroxylation is 1. The highest BCUT2D eigenvalue weighted by Crippen LogP contribution is 2.26. The number of nitro groups is 1. The van der Waals surface area contributed by atoms with Crippen molar-refractivity contribution < 1.29 is 9.72 Å². The number of benzene rings is 2. The zero-order valence-corrected chi connectivity index (χ0v) is 13.5. The number of hydrogen-bond acceptors (Lipinski definition) is 4. The molecule has 1 heterocycles. The summed E-state index contributed by atoms with van der Waals surface area (Å²) in [5, 5.41) is 14.2. The molecular formula is C18H19N3O3. The van der Waals surface area contributed by atoms with Crippen molar-refractivity contribution in [3.05, 3.63) is 63.7 Å². The van der Waals surface area contributed by atoms with E-state index < -0.39 is 0 Å². The van der Waals surface area contributed by atoms with Crippen molar-refractivity contribution >= 4 is 23.0 Å². The lowest BCUT2D eigenvalue weighted by Gasteiger charge is -2.16. The normalized spacial score (nSPS) is 14.0. The summed E-state index contributed by atoms with van der Waals surface area (Å²) in [7, 11) is 0. The van der Waals surface area contributed by atoms with Crippen LogP contribution in [0.4, 0.5) is 17.1 Å². The van der Waals surface area contributed by atoms with Gasteiger partial charge in [0.1, 0.15) is 5.69 Å². The third-order valence-electron chi connectivity index (χ3n) is 4.15. The van der Waals surface area contributed by atoms with Gasteiger partial charge in [-0.2, -0.15) is 0 Å². The van der Waals surface area contributed by atoms with Crippen LogP contribution in [0.1, 0.15) is 24.0 Å². The molecular weight excluding hydrogens is 306 g/mol. The molecule has 0 spiro atoms. The Bertz CT molecular complexity index is 772. The minimum absolute atomic E-state index is 0.0780. The van der Waals surface area contributed by atoms with E-state index >= 15 is 0 Å². The lowest BCUT2D eigenvalue weighted by Crippen LogP contribution is -2.23. The largest absolute Gasteiger partial charge is 0.375 e. The number of nitro benzene ring substituents is 1. The monoisotopic (exact) mass is 325 g/mol. The van der Waals surface area contributed by atoms with Crippen LogP contribution in [0.5, 0.6) is 0 Å². The summed E-state index contributed by atoms with van der Waals surface area (Å²) in [4.78, 5) is 24.3. The van der Waals surface area contributed by atoms with Gasteiger partial charge in [0.25, 0.3) is 5.69 Å². The summed E-state index contributed by atoms with van der Waals surface area (Å²) in [6, 6.07) is 12.8. The maximum absolute atomic E-state index is 11.7. The Morgan fingerprint density at radius 1 is 1.21 bits per heavy atom. The maximum atomic E-state index is 11.7. The van der Waals surface area contributed by atoms with Crippen molar-refractivity contribution in [1.29, 1.82) is 0 Å². The van der Waals surface area contributed by atoms with E-state index in [0.717, 1.165) is 29.8 Å². The zero-order valence-electron chi connectivity index (χ0n) is 13.5. The molecule has 0 bridgehead atoms. The summed E-state index contributed by atoms with van der Waals surface area (Å²) in [5.74, 6) is 0.163. The maximum Gasteiger partial charge on any atom is 0.292 e. The molecule has 1 aliphatic rings. The first-order valence-electron chi connectivity index (χ1n) is 7.93. The van der Waals surface area contributed by atoms with Gasteiger partial charge < -0.3 is 10.2 Å². The van der Waals surface area contributed by atoms with E-state index in [0.29, 0.717) is 18.7 Å². The molecule has 124 valence electrons. The molecule has 24 heavy (non-hydrogen) atoms. The van der Waals surface area contributed by atoms with Gasteiger partial charge in [-0.3, -0.25) is 14.9 Å². The Hall–Kier alpha value is -2.89. The molecule has 3 rings (SSSR count). The van der Waals surface area contributed by atoms with Gasteiger partial charge >= 0.3 is 0 Å². The summed E-state index contributed by atoms with van der Waals surface area (Å²) < 4.78 is 0. The molecule has 0 aliphatic carbocycles. The van der Waals surface area contributed by atoms with Gasteiger partial charge in [0, 0.05) is 31.3 Å². The van der Waals surface area contributed by atoms with Crippen LogP contribution in [-0.4, -0.2) is 17.4 Å². The van der Waals surface area contributed by atoms with Crippen LogP contribution in [0.25, 0.3) is 0 Å². The quantitative estimate of drug-likeness (QED) is 0.672. The first kappa shape index (κ1) is 16.0. The van der Waals surface area contributed by atoms with Gasteiger partial charge in [-0.25, -0.2) is 0 Å². The SMILES string of the molecule is Cc1ccc(NCc2ccc(N3CCCC3=O)cc2)c([N+](=O)[O-])c1. The van der Waals surface area contributed by atoms with Crippen LogP contribution in [0.3, 0.4) is 0 Å². The number of anilines is 2. The summed E-state index contributed by atoms with van der Waals surface area (Å²) in [5.41, 5.74) is 3.34. The Balaban J connectivity index is 1.69. The van der Waals surface area contributed by atoms with E-state index in [2.05, 4.69) is 5.32 Å². The first-order chi connectivity index (χ1) is 11.5. The fraction of sp³-hybridized carbons (Fsp3) is 0.278. The lowest BCUT2D eigenvalue weighted by molar-refractivity contribution is -0.384. The minimum atomic E-state index is -0.378. The van der Waals surface area contributed by atoms with Crippen LogP contribution in [-0.2, 0) is 11.3 Å². The van der Waals surface area contributed by atoms with Gasteiger partial charge in [0.15, 0.2) is 0 Å². The van der Waals surface area contributed by atoms with E-state index in [1.807, 2.05) is 37.3 Å². The number of hydrogen-bond donors (Lipinski definition) is 1. The number of nitrogens with one attached hydrogen (secondary N) is 1. The van der Waals surface area contributed by atoms with Crippen LogP contribution >= 0.6 is 0 Å². The van der Waals surface area contributed by atoms with Crippen LogP contribution in [0, 0.1) is 17.0 Å². The number of rotatable bonds is 5. The average Bonchev–Trinajstić information content (AvgIpc) is 3.00.